The minimum atomic E-state index is 0.186. The van der Waals surface area contributed by atoms with Crippen molar-refractivity contribution in [3.05, 3.63) is 36.0 Å². The smallest absolute Gasteiger partial charge is 0.158 e. The van der Waals surface area contributed by atoms with Crippen molar-refractivity contribution >= 4 is 11.6 Å². The molecule has 0 aromatic carbocycles. The van der Waals surface area contributed by atoms with Crippen LogP contribution in [-0.4, -0.2) is 23.9 Å². The first-order valence-corrected chi connectivity index (χ1v) is 7.46. The van der Waals surface area contributed by atoms with Crippen LogP contribution in [-0.2, 0) is 4.79 Å². The Bertz CT molecular complexity index is 486. The number of hydrogen-bond donors (Lipinski definition) is 0. The molecule has 0 radical (unpaired) electrons. The molecule has 3 nitrogen and oxygen atoms in total. The van der Waals surface area contributed by atoms with Gasteiger partial charge in [0.15, 0.2) is 5.78 Å². The molecule has 20 heavy (non-hydrogen) atoms. The third-order valence-electron chi connectivity index (χ3n) is 3.77. The monoisotopic (exact) mass is 272 g/mol. The second-order valence-corrected chi connectivity index (χ2v) is 5.96. The van der Waals surface area contributed by atoms with E-state index >= 15 is 0 Å². The quantitative estimate of drug-likeness (QED) is 0.788. The molecule has 1 fully saturated rings. The molecule has 0 amide bonds. The van der Waals surface area contributed by atoms with Gasteiger partial charge in [0.2, 0.25) is 0 Å². The van der Waals surface area contributed by atoms with Gasteiger partial charge in [-0.2, -0.15) is 0 Å². The lowest BCUT2D eigenvalue weighted by molar-refractivity contribution is -0.118. The van der Waals surface area contributed by atoms with Gasteiger partial charge < -0.3 is 4.90 Å². The second kappa shape index (κ2) is 6.69. The Balaban J connectivity index is 1.91. The zero-order chi connectivity index (χ0) is 14.5. The first-order chi connectivity index (χ1) is 9.56. The van der Waals surface area contributed by atoms with E-state index in [0.29, 0.717) is 5.92 Å². The summed E-state index contributed by atoms with van der Waals surface area (Å²) in [6, 6.07) is 4.12. The van der Waals surface area contributed by atoms with Crippen molar-refractivity contribution in [2.45, 2.75) is 33.6 Å². The Morgan fingerprint density at radius 2 is 2.10 bits per heavy atom. The van der Waals surface area contributed by atoms with Gasteiger partial charge in [0.25, 0.3) is 0 Å². The molecule has 0 saturated carbocycles. The van der Waals surface area contributed by atoms with Crippen molar-refractivity contribution in [1.82, 2.24) is 4.98 Å². The molecule has 0 spiro atoms. The number of anilines is 1. The molecule has 0 aliphatic carbocycles. The lowest BCUT2D eigenvalue weighted by atomic mass is 9.92. The Morgan fingerprint density at radius 3 is 2.70 bits per heavy atom. The van der Waals surface area contributed by atoms with Crippen LogP contribution in [0.25, 0.3) is 0 Å². The van der Waals surface area contributed by atoms with E-state index in [4.69, 9.17) is 0 Å². The minimum Gasteiger partial charge on any atom is -0.357 e. The number of pyridine rings is 1. The van der Waals surface area contributed by atoms with Crippen LogP contribution in [0.15, 0.2) is 30.5 Å². The summed E-state index contributed by atoms with van der Waals surface area (Å²) in [5.41, 5.74) is 1.23. The fraction of sp³-hybridized carbons (Fsp3) is 0.529. The van der Waals surface area contributed by atoms with Gasteiger partial charge in [-0.05, 0) is 49.5 Å². The van der Waals surface area contributed by atoms with E-state index in [-0.39, 0.29) is 11.7 Å². The van der Waals surface area contributed by atoms with Gasteiger partial charge in [-0.1, -0.05) is 19.9 Å². The number of carbonyl (C=O) groups is 1. The van der Waals surface area contributed by atoms with Crippen LogP contribution in [0.4, 0.5) is 5.82 Å². The summed E-state index contributed by atoms with van der Waals surface area (Å²) in [7, 11) is 0. The summed E-state index contributed by atoms with van der Waals surface area (Å²) in [6.07, 6.45) is 7.48. The molecule has 0 N–H and O–H groups in total. The van der Waals surface area contributed by atoms with E-state index in [1.807, 2.05) is 18.3 Å². The number of nitrogens with zero attached hydrogens (tertiary/aromatic N) is 2. The van der Waals surface area contributed by atoms with Crippen LogP contribution >= 0.6 is 0 Å². The first-order valence-electron chi connectivity index (χ1n) is 7.46. The largest absolute Gasteiger partial charge is 0.357 e. The van der Waals surface area contributed by atoms with Crippen LogP contribution in [0.2, 0.25) is 0 Å². The predicted molar refractivity (Wildman–Crippen MR) is 82.9 cm³/mol. The fourth-order valence-corrected chi connectivity index (χ4v) is 2.51. The number of piperidine rings is 1. The van der Waals surface area contributed by atoms with E-state index in [2.05, 4.69) is 36.7 Å². The number of aromatic nitrogens is 1. The van der Waals surface area contributed by atoms with Gasteiger partial charge in [-0.15, -0.1) is 0 Å². The van der Waals surface area contributed by atoms with E-state index in [0.717, 1.165) is 31.7 Å². The summed E-state index contributed by atoms with van der Waals surface area (Å²) >= 11 is 0. The normalized spacial score (nSPS) is 17.1. The Labute approximate surface area is 121 Å². The summed E-state index contributed by atoms with van der Waals surface area (Å²) in [4.78, 5) is 18.8. The Morgan fingerprint density at radius 1 is 1.40 bits per heavy atom. The molecule has 3 heteroatoms. The lowest BCUT2D eigenvalue weighted by Gasteiger charge is -2.31. The summed E-state index contributed by atoms with van der Waals surface area (Å²) in [6.45, 7) is 8.11. The molecule has 1 saturated heterocycles. The van der Waals surface area contributed by atoms with Crippen molar-refractivity contribution in [3.63, 3.8) is 0 Å². The van der Waals surface area contributed by atoms with Gasteiger partial charge in [0.1, 0.15) is 5.82 Å². The van der Waals surface area contributed by atoms with E-state index in [1.54, 1.807) is 6.08 Å². The third kappa shape index (κ3) is 3.92. The number of aryl methyl sites for hydroxylation is 1. The van der Waals surface area contributed by atoms with Crippen molar-refractivity contribution in [3.8, 4) is 0 Å². The van der Waals surface area contributed by atoms with Crippen molar-refractivity contribution in [2.24, 2.45) is 11.8 Å². The molecule has 2 rings (SSSR count). The van der Waals surface area contributed by atoms with Crippen molar-refractivity contribution in [2.75, 3.05) is 18.0 Å². The molecule has 2 heterocycles. The molecular weight excluding hydrogens is 248 g/mol. The van der Waals surface area contributed by atoms with E-state index < -0.39 is 0 Å². The van der Waals surface area contributed by atoms with Gasteiger partial charge in [-0.3, -0.25) is 4.79 Å². The van der Waals surface area contributed by atoms with Gasteiger partial charge in [-0.25, -0.2) is 4.98 Å². The number of hydrogen-bond acceptors (Lipinski definition) is 3. The zero-order valence-corrected chi connectivity index (χ0v) is 12.7. The molecule has 0 atom stereocenters. The van der Waals surface area contributed by atoms with Gasteiger partial charge >= 0.3 is 0 Å². The third-order valence-corrected chi connectivity index (χ3v) is 3.77. The van der Waals surface area contributed by atoms with Crippen LogP contribution in [0, 0.1) is 18.8 Å². The molecular formula is C17H24N2O. The highest BCUT2D eigenvalue weighted by Gasteiger charge is 2.24. The maximum absolute atomic E-state index is 12.1. The van der Waals surface area contributed by atoms with Crippen LogP contribution in [0.1, 0.15) is 32.3 Å². The summed E-state index contributed by atoms with van der Waals surface area (Å²) in [5.74, 6) is 1.95. The number of ketones is 1. The average molecular weight is 272 g/mol. The van der Waals surface area contributed by atoms with Gasteiger partial charge in [0, 0.05) is 25.2 Å². The Kier molecular flexibility index (Phi) is 4.94. The first kappa shape index (κ1) is 14.8. The number of allylic oxidation sites excluding steroid dienone is 2. The van der Waals surface area contributed by atoms with Crippen LogP contribution in [0.5, 0.6) is 0 Å². The standard InChI is InChI=1S/C17H24N2O/c1-13(2)4-5-16(20)15-7-10-19(11-8-15)17-12-14(3)6-9-18-17/h4-6,9,12-13,15H,7-8,10-11H2,1-3H3. The topological polar surface area (TPSA) is 33.2 Å². The molecule has 1 aromatic rings. The molecule has 1 aliphatic heterocycles. The zero-order valence-electron chi connectivity index (χ0n) is 12.7. The summed E-state index contributed by atoms with van der Waals surface area (Å²) < 4.78 is 0. The van der Waals surface area contributed by atoms with E-state index in [9.17, 15) is 4.79 Å². The molecule has 0 bridgehead atoms. The van der Waals surface area contributed by atoms with Crippen molar-refractivity contribution in [1.29, 1.82) is 0 Å². The molecule has 1 aliphatic rings. The molecule has 1 aromatic heterocycles. The molecule has 0 unspecified atom stereocenters. The highest BCUT2D eigenvalue weighted by atomic mass is 16.1. The Hall–Kier alpha value is -1.64. The lowest BCUT2D eigenvalue weighted by Crippen LogP contribution is -2.36. The fourth-order valence-electron chi connectivity index (χ4n) is 2.51. The number of carbonyl (C=O) groups excluding carboxylic acids is 1. The summed E-state index contributed by atoms with van der Waals surface area (Å²) in [5, 5.41) is 0. The maximum atomic E-state index is 12.1. The maximum Gasteiger partial charge on any atom is 0.158 e. The van der Waals surface area contributed by atoms with Crippen LogP contribution in [0.3, 0.4) is 0 Å². The number of rotatable bonds is 4. The molecule has 108 valence electrons. The minimum absolute atomic E-state index is 0.186. The van der Waals surface area contributed by atoms with E-state index in [1.165, 1.54) is 5.56 Å². The van der Waals surface area contributed by atoms with Crippen LogP contribution < -0.4 is 4.90 Å². The highest BCUT2D eigenvalue weighted by Crippen LogP contribution is 2.23. The highest BCUT2D eigenvalue weighted by molar-refractivity contribution is 5.91. The van der Waals surface area contributed by atoms with Gasteiger partial charge in [0.05, 0.1) is 0 Å². The second-order valence-electron chi connectivity index (χ2n) is 5.96. The van der Waals surface area contributed by atoms with Crippen molar-refractivity contribution < 1.29 is 4.79 Å². The SMILES string of the molecule is Cc1ccnc(N2CCC(C(=O)C=CC(C)C)CC2)c1. The predicted octanol–water partition coefficient (Wildman–Crippen LogP) is 3.39. The average Bonchev–Trinajstić information content (AvgIpc) is 2.45.